The van der Waals surface area contributed by atoms with Gasteiger partial charge in [-0.15, -0.1) is 0 Å². The number of carboxylic acids is 1. The molecule has 1 fully saturated rings. The van der Waals surface area contributed by atoms with E-state index in [2.05, 4.69) is 0 Å². The molecule has 1 atom stereocenters. The molecular weight excluding hydrogens is 327 g/mol. The van der Waals surface area contributed by atoms with E-state index in [0.29, 0.717) is 19.3 Å². The van der Waals surface area contributed by atoms with Crippen molar-refractivity contribution < 1.29 is 33.0 Å². The molecule has 0 saturated heterocycles. The van der Waals surface area contributed by atoms with Crippen LogP contribution in [0.5, 0.6) is 0 Å². The number of benzene rings is 1. The van der Waals surface area contributed by atoms with E-state index in [1.54, 1.807) is 0 Å². The van der Waals surface area contributed by atoms with Crippen molar-refractivity contribution in [2.45, 2.75) is 37.5 Å². The summed E-state index contributed by atoms with van der Waals surface area (Å²) in [5.74, 6) is -1.95. The highest BCUT2D eigenvalue weighted by Gasteiger charge is 2.55. The maximum atomic E-state index is 13.3. The van der Waals surface area contributed by atoms with E-state index in [9.17, 15) is 27.9 Å². The Kier molecular flexibility index (Phi) is 4.89. The molecular formula is C16H18F3NO4. The Hall–Kier alpha value is -2.09. The summed E-state index contributed by atoms with van der Waals surface area (Å²) in [4.78, 5) is 23.1. The van der Waals surface area contributed by atoms with Gasteiger partial charge in [0, 0.05) is 6.42 Å². The van der Waals surface area contributed by atoms with Crippen molar-refractivity contribution in [2.24, 2.45) is 5.41 Å². The van der Waals surface area contributed by atoms with Crippen LogP contribution in [0.15, 0.2) is 30.3 Å². The monoisotopic (exact) mass is 345 g/mol. The fourth-order valence-electron chi connectivity index (χ4n) is 2.75. The number of hydrogen-bond acceptors (Lipinski definition) is 3. The van der Waals surface area contributed by atoms with Crippen LogP contribution in [-0.2, 0) is 15.2 Å². The van der Waals surface area contributed by atoms with Crippen molar-refractivity contribution in [2.75, 3.05) is 6.54 Å². The molecule has 1 aliphatic rings. The zero-order valence-electron chi connectivity index (χ0n) is 12.8. The minimum absolute atomic E-state index is 0.317. The van der Waals surface area contributed by atoms with Crippen LogP contribution in [0.2, 0.25) is 0 Å². The van der Waals surface area contributed by atoms with Crippen LogP contribution in [0.25, 0.3) is 0 Å². The maximum absolute atomic E-state index is 13.3. The Morgan fingerprint density at radius 2 is 1.75 bits per heavy atom. The Morgan fingerprint density at radius 1 is 1.17 bits per heavy atom. The Labute approximate surface area is 136 Å². The number of aliphatic hydroxyl groups is 1. The standard InChI is InChI=1S/C16H18F3NO4/c17-16(18,19)15(24,11-5-2-1-3-6-11)10-20-12(21)9-14(13(22)23)7-4-8-14/h1-3,5-6,24H,4,7-10H2,(H,20,21)(H,22,23). The lowest BCUT2D eigenvalue weighted by atomic mass is 9.66. The van der Waals surface area contributed by atoms with Crippen molar-refractivity contribution in [3.05, 3.63) is 35.9 Å². The quantitative estimate of drug-likeness (QED) is 0.738. The SMILES string of the molecule is O=C(CC1(C(=O)O)CCC1)NCC(O)(c1ccccc1)C(F)(F)F. The molecule has 1 unspecified atom stereocenters. The predicted octanol–water partition coefficient (Wildman–Crippen LogP) is 2.20. The average molecular weight is 345 g/mol. The molecule has 0 aliphatic heterocycles. The van der Waals surface area contributed by atoms with Crippen molar-refractivity contribution >= 4 is 11.9 Å². The number of carbonyl (C=O) groups is 2. The van der Waals surface area contributed by atoms with Gasteiger partial charge in [-0.05, 0) is 18.4 Å². The molecule has 1 aliphatic carbocycles. The van der Waals surface area contributed by atoms with Crippen LogP contribution in [-0.4, -0.2) is 34.8 Å². The van der Waals surface area contributed by atoms with E-state index in [0.717, 1.165) is 12.1 Å². The predicted molar refractivity (Wildman–Crippen MR) is 77.9 cm³/mol. The molecule has 1 amide bonds. The van der Waals surface area contributed by atoms with Crippen LogP contribution >= 0.6 is 0 Å². The average Bonchev–Trinajstić information content (AvgIpc) is 2.47. The van der Waals surface area contributed by atoms with Gasteiger partial charge in [-0.2, -0.15) is 13.2 Å². The summed E-state index contributed by atoms with van der Waals surface area (Å²) < 4.78 is 39.9. The molecule has 5 nitrogen and oxygen atoms in total. The lowest BCUT2D eigenvalue weighted by Crippen LogP contribution is -2.52. The van der Waals surface area contributed by atoms with Gasteiger partial charge in [0.2, 0.25) is 11.5 Å². The van der Waals surface area contributed by atoms with Gasteiger partial charge in [-0.1, -0.05) is 36.8 Å². The summed E-state index contributed by atoms with van der Waals surface area (Å²) in [6.45, 7) is -1.07. The molecule has 0 spiro atoms. The Morgan fingerprint density at radius 3 is 2.17 bits per heavy atom. The highest BCUT2D eigenvalue weighted by Crippen LogP contribution is 2.44. The number of aliphatic carboxylic acids is 1. The Balaban J connectivity index is 2.09. The van der Waals surface area contributed by atoms with E-state index in [1.165, 1.54) is 18.2 Å². The molecule has 3 N–H and O–H groups in total. The molecule has 1 aromatic rings. The van der Waals surface area contributed by atoms with E-state index < -0.39 is 47.6 Å². The number of carboxylic acid groups (broad SMARTS) is 1. The summed E-state index contributed by atoms with van der Waals surface area (Å²) >= 11 is 0. The summed E-state index contributed by atoms with van der Waals surface area (Å²) in [5, 5.41) is 21.3. The van der Waals surface area contributed by atoms with Gasteiger partial charge in [0.05, 0.1) is 12.0 Å². The van der Waals surface area contributed by atoms with Crippen LogP contribution in [0.4, 0.5) is 13.2 Å². The topological polar surface area (TPSA) is 86.6 Å². The molecule has 8 heteroatoms. The second-order valence-corrected chi connectivity index (χ2v) is 6.12. The van der Waals surface area contributed by atoms with E-state index >= 15 is 0 Å². The molecule has 0 radical (unpaired) electrons. The van der Waals surface area contributed by atoms with Gasteiger partial charge in [-0.25, -0.2) is 0 Å². The van der Waals surface area contributed by atoms with Crippen molar-refractivity contribution in [1.82, 2.24) is 5.32 Å². The first-order valence-electron chi connectivity index (χ1n) is 7.45. The second-order valence-electron chi connectivity index (χ2n) is 6.12. The van der Waals surface area contributed by atoms with Crippen molar-refractivity contribution in [1.29, 1.82) is 0 Å². The highest BCUT2D eigenvalue weighted by atomic mass is 19.4. The van der Waals surface area contributed by atoms with Crippen LogP contribution in [0.3, 0.4) is 0 Å². The van der Waals surface area contributed by atoms with Crippen LogP contribution in [0, 0.1) is 5.41 Å². The number of alkyl halides is 3. The Bertz CT molecular complexity index is 613. The van der Waals surface area contributed by atoms with Gasteiger partial charge < -0.3 is 15.5 Å². The molecule has 1 saturated carbocycles. The van der Waals surface area contributed by atoms with Gasteiger partial charge in [-0.3, -0.25) is 9.59 Å². The zero-order valence-corrected chi connectivity index (χ0v) is 12.8. The maximum Gasteiger partial charge on any atom is 0.423 e. The van der Waals surface area contributed by atoms with Crippen molar-refractivity contribution in [3.63, 3.8) is 0 Å². The number of nitrogens with one attached hydrogen (secondary N) is 1. The molecule has 132 valence electrons. The highest BCUT2D eigenvalue weighted by molar-refractivity contribution is 5.85. The summed E-state index contributed by atoms with van der Waals surface area (Å²) in [5.41, 5.74) is -4.83. The van der Waals surface area contributed by atoms with E-state index in [4.69, 9.17) is 5.11 Å². The number of rotatable bonds is 6. The van der Waals surface area contributed by atoms with E-state index in [1.807, 2.05) is 5.32 Å². The van der Waals surface area contributed by atoms with Crippen LogP contribution < -0.4 is 5.32 Å². The minimum Gasteiger partial charge on any atom is -0.481 e. The largest absolute Gasteiger partial charge is 0.481 e. The third-order valence-corrected chi connectivity index (χ3v) is 4.52. The summed E-state index contributed by atoms with van der Waals surface area (Å²) in [6.07, 6.45) is -4.10. The van der Waals surface area contributed by atoms with Gasteiger partial charge >= 0.3 is 12.1 Å². The van der Waals surface area contributed by atoms with Crippen molar-refractivity contribution in [3.8, 4) is 0 Å². The lowest BCUT2D eigenvalue weighted by molar-refractivity contribution is -0.264. The molecule has 0 aromatic heterocycles. The minimum atomic E-state index is -5.00. The second kappa shape index (κ2) is 6.43. The fraction of sp³-hybridized carbons (Fsp3) is 0.500. The van der Waals surface area contributed by atoms with Gasteiger partial charge in [0.1, 0.15) is 0 Å². The number of halogens is 3. The summed E-state index contributed by atoms with van der Waals surface area (Å²) in [7, 11) is 0. The number of hydrogen-bond donors (Lipinski definition) is 3. The molecule has 0 heterocycles. The number of amides is 1. The normalized spacial score (nSPS) is 19.0. The van der Waals surface area contributed by atoms with Crippen LogP contribution in [0.1, 0.15) is 31.2 Å². The zero-order chi connectivity index (χ0) is 18.0. The fourth-order valence-corrected chi connectivity index (χ4v) is 2.75. The smallest absolute Gasteiger partial charge is 0.423 e. The van der Waals surface area contributed by atoms with Gasteiger partial charge in [0.15, 0.2) is 0 Å². The molecule has 0 bridgehead atoms. The molecule has 24 heavy (non-hydrogen) atoms. The third kappa shape index (κ3) is 3.38. The molecule has 1 aromatic carbocycles. The third-order valence-electron chi connectivity index (χ3n) is 4.52. The number of carbonyl (C=O) groups excluding carboxylic acids is 1. The summed E-state index contributed by atoms with van der Waals surface area (Å²) in [6, 6.07) is 6.43. The van der Waals surface area contributed by atoms with Gasteiger partial charge in [0.25, 0.3) is 0 Å². The lowest BCUT2D eigenvalue weighted by Gasteiger charge is -2.37. The van der Waals surface area contributed by atoms with E-state index in [-0.39, 0.29) is 0 Å². The first-order chi connectivity index (χ1) is 11.1. The first kappa shape index (κ1) is 18.3. The first-order valence-corrected chi connectivity index (χ1v) is 7.45. The molecule has 2 rings (SSSR count).